The van der Waals surface area contributed by atoms with Crippen LogP contribution in [0.5, 0.6) is 0 Å². The van der Waals surface area contributed by atoms with Crippen molar-refractivity contribution >= 4 is 15.7 Å². The number of nitrogens with zero attached hydrogens (tertiary/aromatic N) is 1. The van der Waals surface area contributed by atoms with E-state index in [1.807, 2.05) is 60.7 Å². The van der Waals surface area contributed by atoms with Crippen LogP contribution in [0.2, 0.25) is 0 Å². The molecule has 0 spiro atoms. The summed E-state index contributed by atoms with van der Waals surface area (Å²) in [5.41, 5.74) is 1.65. The number of hydrogen-bond donors (Lipinski definition) is 1. The Morgan fingerprint density at radius 3 is 2.00 bits per heavy atom. The third-order valence-corrected chi connectivity index (χ3v) is 2.90. The molecule has 0 unspecified atom stereocenters. The number of hydrogen-bond acceptors (Lipinski definition) is 3. The summed E-state index contributed by atoms with van der Waals surface area (Å²) in [6, 6.07) is 18.8. The smallest absolute Gasteiger partial charge is 0.225 e. The van der Waals surface area contributed by atoms with Gasteiger partial charge in [-0.1, -0.05) is 48.5 Å². The van der Waals surface area contributed by atoms with Crippen molar-refractivity contribution in [3.63, 3.8) is 0 Å². The second-order valence-corrected chi connectivity index (χ2v) is 5.84. The van der Waals surface area contributed by atoms with Gasteiger partial charge in [-0.2, -0.15) is 0 Å². The van der Waals surface area contributed by atoms with E-state index in [0.717, 1.165) is 17.5 Å². The molecule has 2 rings (SSSR count). The van der Waals surface area contributed by atoms with Crippen molar-refractivity contribution < 1.29 is 8.42 Å². The summed E-state index contributed by atoms with van der Waals surface area (Å²) in [5, 5.41) is 1.49. The molecule has 0 aliphatic heterocycles. The van der Waals surface area contributed by atoms with Gasteiger partial charge < -0.3 is 0 Å². The van der Waals surface area contributed by atoms with Crippen molar-refractivity contribution in [1.82, 2.24) is 4.83 Å². The maximum Gasteiger partial charge on any atom is 0.225 e. The maximum absolute atomic E-state index is 11.4. The van der Waals surface area contributed by atoms with Gasteiger partial charge in [-0.05, 0) is 17.7 Å². The average Bonchev–Trinajstić information content (AvgIpc) is 2.39. The van der Waals surface area contributed by atoms with Crippen molar-refractivity contribution in [3.8, 4) is 0 Å². The Balaban J connectivity index is 2.25. The average molecular weight is 275 g/mol. The highest BCUT2D eigenvalue weighted by molar-refractivity contribution is 7.88. The lowest BCUT2D eigenvalue weighted by Crippen LogP contribution is -2.40. The Morgan fingerprint density at radius 1 is 0.947 bits per heavy atom. The lowest BCUT2D eigenvalue weighted by molar-refractivity contribution is 0.587. The van der Waals surface area contributed by atoms with E-state index in [-0.39, 0.29) is 0 Å². The molecule has 0 fully saturated rings. The Kier molecular flexibility index (Phi) is 4.19. The second kappa shape index (κ2) is 5.86. The Bertz CT molecular complexity index is 612. The molecule has 0 amide bonds. The van der Waals surface area contributed by atoms with E-state index >= 15 is 0 Å². The molecule has 1 radical (unpaired) electrons. The summed E-state index contributed by atoms with van der Waals surface area (Å²) in [6.07, 6.45) is 1.13. The van der Waals surface area contributed by atoms with Crippen LogP contribution in [0.1, 0.15) is 5.56 Å². The Hall–Kier alpha value is -1.85. The van der Waals surface area contributed by atoms with Crippen LogP contribution in [0.4, 0.5) is 5.69 Å². The molecule has 99 valence electrons. The van der Waals surface area contributed by atoms with Gasteiger partial charge in [-0.15, -0.1) is 4.83 Å². The molecule has 0 aromatic heterocycles. The predicted octanol–water partition coefficient (Wildman–Crippen LogP) is 2.17. The normalized spacial score (nSPS) is 11.2. The fourth-order valence-electron chi connectivity index (χ4n) is 1.61. The lowest BCUT2D eigenvalue weighted by Gasteiger charge is -2.23. The van der Waals surface area contributed by atoms with Crippen molar-refractivity contribution in [2.75, 3.05) is 11.3 Å². The molecule has 19 heavy (non-hydrogen) atoms. The molecule has 2 aromatic rings. The summed E-state index contributed by atoms with van der Waals surface area (Å²) in [6.45, 7) is 1.73. The molecule has 0 heterocycles. The SMILES string of the molecule is CS(=O)(=O)NN([CH]c1ccccc1)c1ccccc1. The number of sulfonamides is 1. The van der Waals surface area contributed by atoms with Crippen LogP contribution < -0.4 is 9.84 Å². The second-order valence-electron chi connectivity index (χ2n) is 4.11. The molecule has 0 aliphatic rings. The summed E-state index contributed by atoms with van der Waals surface area (Å²) in [7, 11) is -3.35. The highest BCUT2D eigenvalue weighted by Gasteiger charge is 2.12. The van der Waals surface area contributed by atoms with Crippen LogP contribution in [0.25, 0.3) is 0 Å². The zero-order valence-corrected chi connectivity index (χ0v) is 11.3. The number of rotatable bonds is 5. The van der Waals surface area contributed by atoms with Crippen LogP contribution in [0.3, 0.4) is 0 Å². The minimum Gasteiger partial charge on any atom is -0.285 e. The van der Waals surface area contributed by atoms with Gasteiger partial charge in [0.25, 0.3) is 0 Å². The molecule has 0 saturated carbocycles. The van der Waals surface area contributed by atoms with Crippen LogP contribution >= 0.6 is 0 Å². The number of anilines is 1. The maximum atomic E-state index is 11.4. The largest absolute Gasteiger partial charge is 0.285 e. The van der Waals surface area contributed by atoms with E-state index in [2.05, 4.69) is 4.83 Å². The molecular weight excluding hydrogens is 260 g/mol. The monoisotopic (exact) mass is 275 g/mol. The molecule has 0 bridgehead atoms. The first-order chi connectivity index (χ1) is 9.04. The summed E-state index contributed by atoms with van der Waals surface area (Å²) < 4.78 is 22.9. The van der Waals surface area contributed by atoms with Crippen LogP contribution in [-0.2, 0) is 10.0 Å². The standard InChI is InChI=1S/C14H15N2O2S/c1-19(17,18)15-16(14-10-6-3-7-11-14)12-13-8-4-2-5-9-13/h2-12,15H,1H3. The van der Waals surface area contributed by atoms with Crippen molar-refractivity contribution in [1.29, 1.82) is 0 Å². The van der Waals surface area contributed by atoms with Gasteiger partial charge in [0.1, 0.15) is 0 Å². The first-order valence-corrected chi connectivity index (χ1v) is 7.65. The number of nitrogens with one attached hydrogen (secondary N) is 1. The van der Waals surface area contributed by atoms with Crippen molar-refractivity contribution in [2.24, 2.45) is 0 Å². The Labute approximate surface area is 113 Å². The van der Waals surface area contributed by atoms with Gasteiger partial charge in [0.2, 0.25) is 10.0 Å². The third kappa shape index (κ3) is 4.39. The summed E-state index contributed by atoms with van der Waals surface area (Å²) >= 11 is 0. The zero-order valence-electron chi connectivity index (χ0n) is 10.5. The molecule has 0 aliphatic carbocycles. The van der Waals surface area contributed by atoms with Gasteiger partial charge in [0, 0.05) is 0 Å². The molecular formula is C14H15N2O2S. The van der Waals surface area contributed by atoms with Crippen LogP contribution in [-0.4, -0.2) is 14.7 Å². The molecule has 0 atom stereocenters. The van der Waals surface area contributed by atoms with E-state index < -0.39 is 10.0 Å². The fraction of sp³-hybridized carbons (Fsp3) is 0.0714. The number of para-hydroxylation sites is 1. The quantitative estimate of drug-likeness (QED) is 0.851. The molecule has 2 aromatic carbocycles. The highest BCUT2D eigenvalue weighted by Crippen LogP contribution is 2.16. The first kappa shape index (κ1) is 13.6. The fourth-order valence-corrected chi connectivity index (χ4v) is 2.12. The molecule has 0 saturated heterocycles. The van der Waals surface area contributed by atoms with Gasteiger partial charge >= 0.3 is 0 Å². The van der Waals surface area contributed by atoms with Gasteiger partial charge in [0.05, 0.1) is 18.5 Å². The minimum atomic E-state index is -3.35. The summed E-state index contributed by atoms with van der Waals surface area (Å²) in [4.78, 5) is 2.47. The minimum absolute atomic E-state index is 0.747. The topological polar surface area (TPSA) is 49.4 Å². The molecule has 5 heteroatoms. The lowest BCUT2D eigenvalue weighted by atomic mass is 10.2. The summed E-state index contributed by atoms with van der Waals surface area (Å²) in [5.74, 6) is 0. The first-order valence-electron chi connectivity index (χ1n) is 5.76. The Morgan fingerprint density at radius 2 is 1.47 bits per heavy atom. The zero-order chi connectivity index (χ0) is 13.7. The molecule has 4 nitrogen and oxygen atoms in total. The van der Waals surface area contributed by atoms with E-state index in [1.165, 1.54) is 5.01 Å². The third-order valence-electron chi connectivity index (χ3n) is 2.38. The molecule has 1 N–H and O–H groups in total. The number of benzene rings is 2. The van der Waals surface area contributed by atoms with E-state index in [9.17, 15) is 8.42 Å². The predicted molar refractivity (Wildman–Crippen MR) is 76.7 cm³/mol. The van der Waals surface area contributed by atoms with Gasteiger partial charge in [-0.25, -0.2) is 8.42 Å². The van der Waals surface area contributed by atoms with Crippen molar-refractivity contribution in [2.45, 2.75) is 0 Å². The van der Waals surface area contributed by atoms with Crippen LogP contribution in [0, 0.1) is 6.54 Å². The van der Waals surface area contributed by atoms with E-state index in [1.54, 1.807) is 6.54 Å². The van der Waals surface area contributed by atoms with Crippen molar-refractivity contribution in [3.05, 3.63) is 72.8 Å². The van der Waals surface area contributed by atoms with Gasteiger partial charge in [0.15, 0.2) is 0 Å². The van der Waals surface area contributed by atoms with Gasteiger partial charge in [-0.3, -0.25) is 5.01 Å². The highest BCUT2D eigenvalue weighted by atomic mass is 32.2. The van der Waals surface area contributed by atoms with Crippen LogP contribution in [0.15, 0.2) is 60.7 Å². The number of hydrazine groups is 1. The van der Waals surface area contributed by atoms with E-state index in [4.69, 9.17) is 0 Å². The van der Waals surface area contributed by atoms with E-state index in [0.29, 0.717) is 0 Å².